The molecule has 2 bridgehead atoms. The highest BCUT2D eigenvalue weighted by Crippen LogP contribution is 2.46. The van der Waals surface area contributed by atoms with Gasteiger partial charge in [0.25, 0.3) is 5.56 Å². The van der Waals surface area contributed by atoms with Crippen molar-refractivity contribution in [2.75, 3.05) is 38.1 Å². The molecular weight excluding hydrogens is 459 g/mol. The first kappa shape index (κ1) is 21.9. The third-order valence-electron chi connectivity index (χ3n) is 7.47. The van der Waals surface area contributed by atoms with Crippen molar-refractivity contribution in [2.24, 2.45) is 5.92 Å². The summed E-state index contributed by atoms with van der Waals surface area (Å²) in [6, 6.07) is 6.22. The molecule has 4 fully saturated rings. The van der Waals surface area contributed by atoms with Crippen LogP contribution < -0.4 is 15.9 Å². The van der Waals surface area contributed by atoms with Crippen LogP contribution in [0.15, 0.2) is 29.1 Å². The van der Waals surface area contributed by atoms with Gasteiger partial charge in [-0.2, -0.15) is 0 Å². The average Bonchev–Trinajstić information content (AvgIpc) is 3.23. The zero-order chi connectivity index (χ0) is 23.8. The summed E-state index contributed by atoms with van der Waals surface area (Å²) in [5, 5.41) is 2.39. The summed E-state index contributed by atoms with van der Waals surface area (Å²) >= 11 is 5.99. The average molecular weight is 485 g/mol. The van der Waals surface area contributed by atoms with E-state index < -0.39 is 5.82 Å². The fourth-order valence-electron chi connectivity index (χ4n) is 5.54. The lowest BCUT2D eigenvalue weighted by molar-refractivity contribution is -0.237. The number of benzene rings is 1. The first-order chi connectivity index (χ1) is 16.2. The van der Waals surface area contributed by atoms with E-state index in [1.165, 1.54) is 10.5 Å². The Morgan fingerprint density at radius 2 is 2.03 bits per heavy atom. The van der Waals surface area contributed by atoms with Crippen LogP contribution in [0.3, 0.4) is 0 Å². The molecule has 4 aliphatic rings. The molecule has 0 aliphatic carbocycles. The second-order valence-electron chi connectivity index (χ2n) is 9.71. The quantitative estimate of drug-likeness (QED) is 0.612. The molecule has 1 aromatic carbocycles. The fourth-order valence-corrected chi connectivity index (χ4v) is 5.70. The summed E-state index contributed by atoms with van der Waals surface area (Å²) in [5.74, 6) is 0.718. The summed E-state index contributed by atoms with van der Waals surface area (Å²) in [4.78, 5) is 24.9. The van der Waals surface area contributed by atoms with E-state index in [1.54, 1.807) is 19.1 Å². The van der Waals surface area contributed by atoms with Crippen LogP contribution in [-0.4, -0.2) is 64.3 Å². The van der Waals surface area contributed by atoms with Gasteiger partial charge in [0.15, 0.2) is 5.82 Å². The van der Waals surface area contributed by atoms with Gasteiger partial charge < -0.3 is 9.64 Å². The van der Waals surface area contributed by atoms with Gasteiger partial charge in [-0.05, 0) is 32.0 Å². The summed E-state index contributed by atoms with van der Waals surface area (Å²) in [5.41, 5.74) is 4.68. The molecule has 0 amide bonds. The van der Waals surface area contributed by atoms with Crippen LogP contribution >= 0.6 is 11.6 Å². The van der Waals surface area contributed by atoms with E-state index in [9.17, 15) is 4.79 Å². The standard InChI is InChI=1S/C24H26ClFN6O2/c1-13-14(2)28-21-7-20(29-22(32(21)23(13)33)18-5-4-16(25)6-19(18)26)31-11-17-8-24(12-31,34-17)15-9-27-30(3)10-15/h4-7,15,17,27H,8-12H2,1-3H3. The molecule has 7 rings (SSSR count). The topological polar surface area (TPSA) is 75.0 Å². The van der Waals surface area contributed by atoms with Crippen LogP contribution in [-0.2, 0) is 4.74 Å². The lowest BCUT2D eigenvalue weighted by atomic mass is 9.74. The number of aryl methyl sites for hydroxylation is 1. The number of anilines is 1. The second-order valence-corrected chi connectivity index (χ2v) is 10.1. The van der Waals surface area contributed by atoms with Crippen molar-refractivity contribution in [1.82, 2.24) is 24.8 Å². The minimum atomic E-state index is -0.537. The first-order valence-electron chi connectivity index (χ1n) is 11.5. The molecule has 6 heterocycles. The highest BCUT2D eigenvalue weighted by Gasteiger charge is 2.57. The molecule has 10 heteroatoms. The molecule has 3 aromatic rings. The third-order valence-corrected chi connectivity index (χ3v) is 7.70. The molecule has 178 valence electrons. The lowest BCUT2D eigenvalue weighted by Crippen LogP contribution is -2.70. The van der Waals surface area contributed by atoms with Crippen molar-refractivity contribution >= 4 is 23.1 Å². The Hall–Kier alpha value is -2.59. The number of halogens is 2. The summed E-state index contributed by atoms with van der Waals surface area (Å²) in [6.07, 6.45) is 1.15. The van der Waals surface area contributed by atoms with E-state index in [2.05, 4.69) is 20.3 Å². The number of nitrogens with zero attached hydrogens (tertiary/aromatic N) is 5. The van der Waals surface area contributed by atoms with Gasteiger partial charge in [-0.15, -0.1) is 0 Å². The molecule has 0 spiro atoms. The van der Waals surface area contributed by atoms with Crippen LogP contribution in [0.5, 0.6) is 0 Å². The Balaban J connectivity index is 1.49. The number of nitrogens with one attached hydrogen (secondary N) is 1. The number of hydrazine groups is 1. The third kappa shape index (κ3) is 3.33. The largest absolute Gasteiger partial charge is 0.367 e. The second kappa shape index (κ2) is 7.71. The highest BCUT2D eigenvalue weighted by atomic mass is 35.5. The molecule has 3 unspecified atom stereocenters. The summed E-state index contributed by atoms with van der Waals surface area (Å²) in [6.45, 7) is 6.70. The van der Waals surface area contributed by atoms with Crippen LogP contribution in [0, 0.1) is 25.6 Å². The maximum Gasteiger partial charge on any atom is 0.262 e. The van der Waals surface area contributed by atoms with E-state index in [0.717, 1.165) is 19.5 Å². The number of fused-ring (bicyclic) bond motifs is 3. The van der Waals surface area contributed by atoms with Gasteiger partial charge in [-0.3, -0.25) is 10.2 Å². The van der Waals surface area contributed by atoms with Gasteiger partial charge >= 0.3 is 0 Å². The van der Waals surface area contributed by atoms with Gasteiger partial charge in [0.1, 0.15) is 17.3 Å². The summed E-state index contributed by atoms with van der Waals surface area (Å²) < 4.78 is 22.8. The van der Waals surface area contributed by atoms with Gasteiger partial charge in [0, 0.05) is 67.9 Å². The number of ether oxygens (including phenoxy) is 1. The molecule has 3 atom stereocenters. The van der Waals surface area contributed by atoms with Crippen molar-refractivity contribution in [3.05, 3.63) is 56.7 Å². The van der Waals surface area contributed by atoms with Crippen LogP contribution in [0.25, 0.3) is 17.0 Å². The first-order valence-corrected chi connectivity index (χ1v) is 11.9. The van der Waals surface area contributed by atoms with Gasteiger partial charge in [-0.25, -0.2) is 23.8 Å². The molecule has 0 saturated carbocycles. The smallest absolute Gasteiger partial charge is 0.262 e. The van der Waals surface area contributed by atoms with Crippen LogP contribution in [0.2, 0.25) is 5.02 Å². The highest BCUT2D eigenvalue weighted by molar-refractivity contribution is 6.30. The Morgan fingerprint density at radius 3 is 2.74 bits per heavy atom. The predicted octanol–water partition coefficient (Wildman–Crippen LogP) is 2.58. The van der Waals surface area contributed by atoms with Crippen molar-refractivity contribution in [2.45, 2.75) is 32.0 Å². The minimum Gasteiger partial charge on any atom is -0.367 e. The molecule has 4 aliphatic heterocycles. The van der Waals surface area contributed by atoms with Gasteiger partial charge in [-0.1, -0.05) is 11.6 Å². The van der Waals surface area contributed by atoms with Crippen molar-refractivity contribution < 1.29 is 9.13 Å². The van der Waals surface area contributed by atoms with Gasteiger partial charge in [0.05, 0.1) is 17.3 Å². The van der Waals surface area contributed by atoms with E-state index in [1.807, 2.05) is 20.0 Å². The van der Waals surface area contributed by atoms with E-state index in [-0.39, 0.29) is 33.7 Å². The molecule has 8 nitrogen and oxygen atoms in total. The SMILES string of the molecule is Cc1nc2cc(N3CC4CC(C5CNN(C)C5)(C3)O4)nc(-c3ccc(Cl)cc3F)n2c(=O)c1C. The Kier molecular flexibility index (Phi) is 4.97. The zero-order valence-corrected chi connectivity index (χ0v) is 20.1. The van der Waals surface area contributed by atoms with Crippen LogP contribution in [0.4, 0.5) is 10.2 Å². The van der Waals surface area contributed by atoms with E-state index >= 15 is 4.39 Å². The maximum absolute atomic E-state index is 15.0. The van der Waals surface area contributed by atoms with E-state index in [0.29, 0.717) is 41.7 Å². The number of hydrogen-bond donors (Lipinski definition) is 1. The fraction of sp³-hybridized carbons (Fsp3) is 0.458. The Labute approximate surface area is 201 Å². The molecule has 0 radical (unpaired) electrons. The Bertz CT molecular complexity index is 1370. The number of rotatable bonds is 3. The van der Waals surface area contributed by atoms with Crippen molar-refractivity contribution in [3.63, 3.8) is 0 Å². The molecule has 34 heavy (non-hydrogen) atoms. The number of piperidine rings is 1. The number of hydrogen-bond acceptors (Lipinski definition) is 7. The lowest BCUT2D eigenvalue weighted by Gasteiger charge is -2.58. The van der Waals surface area contributed by atoms with Crippen LogP contribution in [0.1, 0.15) is 17.7 Å². The van der Waals surface area contributed by atoms with Gasteiger partial charge in [0.2, 0.25) is 0 Å². The zero-order valence-electron chi connectivity index (χ0n) is 19.3. The molecule has 1 N–H and O–H groups in total. The normalized spacial score (nSPS) is 26.8. The minimum absolute atomic E-state index is 0.128. The molecular formula is C24H26ClFN6O2. The predicted molar refractivity (Wildman–Crippen MR) is 128 cm³/mol. The monoisotopic (exact) mass is 484 g/mol. The van der Waals surface area contributed by atoms with E-state index in [4.69, 9.17) is 21.3 Å². The molecule has 4 saturated heterocycles. The maximum atomic E-state index is 15.0. The number of morpholine rings is 1. The summed E-state index contributed by atoms with van der Waals surface area (Å²) in [7, 11) is 2.04. The van der Waals surface area contributed by atoms with Crippen molar-refractivity contribution in [3.8, 4) is 11.4 Å². The Morgan fingerprint density at radius 1 is 1.24 bits per heavy atom. The van der Waals surface area contributed by atoms with Crippen molar-refractivity contribution in [1.29, 1.82) is 0 Å². The molecule has 2 aromatic heterocycles. The number of aromatic nitrogens is 3.